The molecular formula is C7H3F3N2O5. The molecule has 0 aliphatic heterocycles. The molecule has 92 valence electrons. The molecule has 0 spiro atoms. The zero-order chi connectivity index (χ0) is 13.4. The van der Waals surface area contributed by atoms with E-state index in [1.165, 1.54) is 0 Å². The lowest BCUT2D eigenvalue weighted by molar-refractivity contribution is -0.396. The van der Waals surface area contributed by atoms with E-state index in [-0.39, 0.29) is 12.1 Å². The second-order valence-corrected chi connectivity index (χ2v) is 2.87. The van der Waals surface area contributed by atoms with E-state index < -0.39 is 38.7 Å². The first-order valence-corrected chi connectivity index (χ1v) is 3.87. The average molecular weight is 252 g/mol. The fraction of sp³-hybridized carbons (Fsp3) is 0.143. The zero-order valence-electron chi connectivity index (χ0n) is 7.76. The van der Waals surface area contributed by atoms with Crippen LogP contribution in [0.25, 0.3) is 0 Å². The quantitative estimate of drug-likeness (QED) is 0.641. The Morgan fingerprint density at radius 3 is 2.00 bits per heavy atom. The number of aromatic hydroxyl groups is 1. The number of nitro groups is 2. The number of nitrogens with zero attached hydrogens (tertiary/aromatic N) is 2. The molecule has 7 nitrogen and oxygen atoms in total. The van der Waals surface area contributed by atoms with Gasteiger partial charge in [0.1, 0.15) is 5.75 Å². The van der Waals surface area contributed by atoms with Gasteiger partial charge in [-0.1, -0.05) is 0 Å². The Balaban J connectivity index is 3.61. The van der Waals surface area contributed by atoms with E-state index in [4.69, 9.17) is 5.11 Å². The standard InChI is InChI=1S/C7H3F3N2O5/c8-7(9,10)6-4(12(16)17)1-3(11(14)15)2-5(6)13/h1-2,13H. The molecule has 0 amide bonds. The number of hydrogen-bond donors (Lipinski definition) is 1. The van der Waals surface area contributed by atoms with Gasteiger partial charge in [-0.2, -0.15) is 13.2 Å². The Labute approximate surface area is 90.4 Å². The molecule has 0 aliphatic carbocycles. The Bertz CT molecular complexity index is 499. The van der Waals surface area contributed by atoms with Crippen molar-refractivity contribution in [2.75, 3.05) is 0 Å². The largest absolute Gasteiger partial charge is 0.507 e. The second-order valence-electron chi connectivity index (χ2n) is 2.87. The molecule has 1 aromatic rings. The summed E-state index contributed by atoms with van der Waals surface area (Å²) in [7, 11) is 0. The molecule has 0 saturated heterocycles. The lowest BCUT2D eigenvalue weighted by Crippen LogP contribution is -2.09. The van der Waals surface area contributed by atoms with E-state index in [0.717, 1.165) is 0 Å². The van der Waals surface area contributed by atoms with Crippen molar-refractivity contribution in [3.8, 4) is 5.75 Å². The van der Waals surface area contributed by atoms with Crippen molar-refractivity contribution in [2.24, 2.45) is 0 Å². The van der Waals surface area contributed by atoms with Crippen molar-refractivity contribution >= 4 is 11.4 Å². The van der Waals surface area contributed by atoms with Gasteiger partial charge in [-0.3, -0.25) is 20.2 Å². The summed E-state index contributed by atoms with van der Waals surface area (Å²) in [5.41, 5.74) is -4.47. The van der Waals surface area contributed by atoms with Crippen LogP contribution in [0.3, 0.4) is 0 Å². The van der Waals surface area contributed by atoms with Gasteiger partial charge in [0.15, 0.2) is 5.56 Å². The van der Waals surface area contributed by atoms with Crippen LogP contribution in [0, 0.1) is 20.2 Å². The van der Waals surface area contributed by atoms with E-state index in [1.54, 1.807) is 0 Å². The van der Waals surface area contributed by atoms with Crippen molar-refractivity contribution < 1.29 is 28.1 Å². The lowest BCUT2D eigenvalue weighted by Gasteiger charge is -2.08. The van der Waals surface area contributed by atoms with E-state index in [2.05, 4.69) is 0 Å². The summed E-state index contributed by atoms with van der Waals surface area (Å²) in [6.07, 6.45) is -5.18. The smallest absolute Gasteiger partial charge is 0.426 e. The third-order valence-corrected chi connectivity index (χ3v) is 1.77. The Kier molecular flexibility index (Phi) is 2.90. The molecule has 0 bridgehead atoms. The van der Waals surface area contributed by atoms with Crippen LogP contribution in [0.2, 0.25) is 0 Å². The molecule has 0 atom stereocenters. The Morgan fingerprint density at radius 2 is 1.65 bits per heavy atom. The molecule has 1 rings (SSSR count). The highest BCUT2D eigenvalue weighted by molar-refractivity contribution is 5.57. The van der Waals surface area contributed by atoms with Gasteiger partial charge in [-0.15, -0.1) is 0 Å². The van der Waals surface area contributed by atoms with Crippen LogP contribution in [0.4, 0.5) is 24.5 Å². The highest BCUT2D eigenvalue weighted by atomic mass is 19.4. The number of rotatable bonds is 2. The molecule has 0 fully saturated rings. The number of benzene rings is 1. The van der Waals surface area contributed by atoms with Crippen molar-refractivity contribution in [2.45, 2.75) is 6.18 Å². The molecule has 0 aromatic heterocycles. The van der Waals surface area contributed by atoms with Crippen LogP contribution >= 0.6 is 0 Å². The summed E-state index contributed by atoms with van der Waals surface area (Å²) >= 11 is 0. The van der Waals surface area contributed by atoms with Crippen molar-refractivity contribution in [1.82, 2.24) is 0 Å². The maximum atomic E-state index is 12.4. The van der Waals surface area contributed by atoms with E-state index in [9.17, 15) is 33.4 Å². The van der Waals surface area contributed by atoms with Gasteiger partial charge in [-0.05, 0) is 0 Å². The van der Waals surface area contributed by atoms with Gasteiger partial charge in [-0.25, -0.2) is 0 Å². The van der Waals surface area contributed by atoms with Crippen molar-refractivity contribution in [3.05, 3.63) is 37.9 Å². The molecule has 17 heavy (non-hydrogen) atoms. The minimum Gasteiger partial charge on any atom is -0.507 e. The number of phenols is 1. The van der Waals surface area contributed by atoms with Gasteiger partial charge < -0.3 is 5.11 Å². The number of nitro benzene ring substituents is 2. The van der Waals surface area contributed by atoms with Crippen LogP contribution in [0.1, 0.15) is 5.56 Å². The first-order valence-electron chi connectivity index (χ1n) is 3.87. The normalized spacial score (nSPS) is 11.2. The lowest BCUT2D eigenvalue weighted by atomic mass is 10.1. The molecule has 0 unspecified atom stereocenters. The van der Waals surface area contributed by atoms with Gasteiger partial charge in [0, 0.05) is 0 Å². The predicted octanol–water partition coefficient (Wildman–Crippen LogP) is 2.23. The number of hydrogen-bond acceptors (Lipinski definition) is 5. The molecule has 10 heteroatoms. The molecule has 0 radical (unpaired) electrons. The number of alkyl halides is 3. The van der Waals surface area contributed by atoms with Gasteiger partial charge in [0.05, 0.1) is 22.0 Å². The summed E-state index contributed by atoms with van der Waals surface area (Å²) in [5.74, 6) is -1.56. The molecule has 0 saturated carbocycles. The number of non-ortho nitro benzene ring substituents is 1. The van der Waals surface area contributed by atoms with Gasteiger partial charge in [0.25, 0.3) is 11.4 Å². The molecule has 0 aliphatic rings. The van der Waals surface area contributed by atoms with Crippen LogP contribution in [0.5, 0.6) is 5.75 Å². The number of phenolic OH excluding ortho intramolecular Hbond substituents is 1. The fourth-order valence-corrected chi connectivity index (χ4v) is 1.14. The van der Waals surface area contributed by atoms with Crippen LogP contribution in [-0.2, 0) is 6.18 Å². The van der Waals surface area contributed by atoms with Crippen LogP contribution in [0.15, 0.2) is 12.1 Å². The highest BCUT2D eigenvalue weighted by Crippen LogP contribution is 2.43. The number of halogens is 3. The Morgan fingerprint density at radius 1 is 1.12 bits per heavy atom. The predicted molar refractivity (Wildman–Crippen MR) is 46.4 cm³/mol. The van der Waals surface area contributed by atoms with Crippen molar-refractivity contribution in [3.63, 3.8) is 0 Å². The summed E-state index contributed by atoms with van der Waals surface area (Å²) in [4.78, 5) is 18.1. The molecule has 1 N–H and O–H groups in total. The maximum Gasteiger partial charge on any atom is 0.426 e. The average Bonchev–Trinajstić information content (AvgIpc) is 2.13. The summed E-state index contributed by atoms with van der Waals surface area (Å²) in [6, 6.07) is 0.346. The first kappa shape index (κ1) is 12.7. The minimum absolute atomic E-state index is 0.141. The van der Waals surface area contributed by atoms with Gasteiger partial charge in [0.2, 0.25) is 0 Å². The second kappa shape index (κ2) is 3.88. The first-order chi connectivity index (χ1) is 7.64. The maximum absolute atomic E-state index is 12.4. The summed E-state index contributed by atoms with van der Waals surface area (Å²) < 4.78 is 37.1. The zero-order valence-corrected chi connectivity index (χ0v) is 7.76. The minimum atomic E-state index is -5.18. The summed E-state index contributed by atoms with van der Waals surface area (Å²) in [5, 5.41) is 29.6. The van der Waals surface area contributed by atoms with Crippen LogP contribution < -0.4 is 0 Å². The monoisotopic (exact) mass is 252 g/mol. The molecule has 0 heterocycles. The fourth-order valence-electron chi connectivity index (χ4n) is 1.14. The highest BCUT2D eigenvalue weighted by Gasteiger charge is 2.43. The summed E-state index contributed by atoms with van der Waals surface area (Å²) in [6.45, 7) is 0. The van der Waals surface area contributed by atoms with Crippen molar-refractivity contribution in [1.29, 1.82) is 0 Å². The van der Waals surface area contributed by atoms with E-state index >= 15 is 0 Å². The van der Waals surface area contributed by atoms with Crippen LogP contribution in [-0.4, -0.2) is 15.0 Å². The third kappa shape index (κ3) is 2.41. The third-order valence-electron chi connectivity index (χ3n) is 1.77. The van der Waals surface area contributed by atoms with E-state index in [0.29, 0.717) is 0 Å². The SMILES string of the molecule is O=[N+]([O-])c1cc(O)c(C(F)(F)F)c([N+](=O)[O-])c1. The van der Waals surface area contributed by atoms with E-state index in [1.807, 2.05) is 0 Å². The molecule has 1 aromatic carbocycles. The topological polar surface area (TPSA) is 107 Å². The molecular weight excluding hydrogens is 249 g/mol. The van der Waals surface area contributed by atoms with Gasteiger partial charge >= 0.3 is 6.18 Å². The Hall–Kier alpha value is -2.39.